The molecule has 0 atom stereocenters. The minimum absolute atomic E-state index is 0.0600. The van der Waals surface area contributed by atoms with E-state index in [0.717, 1.165) is 0 Å². The fourth-order valence-electron chi connectivity index (χ4n) is 1.10. The minimum atomic E-state index is -0.242. The molecule has 1 aromatic rings. The van der Waals surface area contributed by atoms with E-state index >= 15 is 0 Å². The minimum Gasteiger partial charge on any atom is -0.480 e. The van der Waals surface area contributed by atoms with Crippen LogP contribution in [-0.4, -0.2) is 36.3 Å². The number of nitrogens with one attached hydrogen (secondary N) is 1. The molecule has 5 heteroatoms. The lowest BCUT2D eigenvalue weighted by atomic mass is 10.2. The van der Waals surface area contributed by atoms with E-state index in [0.29, 0.717) is 24.4 Å². The summed E-state index contributed by atoms with van der Waals surface area (Å²) in [6.07, 6.45) is 2.09. The average Bonchev–Trinajstić information content (AvgIpc) is 2.29. The molecule has 0 aliphatic heterocycles. The van der Waals surface area contributed by atoms with Crippen molar-refractivity contribution in [1.29, 1.82) is 0 Å². The summed E-state index contributed by atoms with van der Waals surface area (Å²) in [4.78, 5) is 15.5. The van der Waals surface area contributed by atoms with Gasteiger partial charge < -0.3 is 15.2 Å². The number of aliphatic hydroxyl groups excluding tert-OH is 1. The van der Waals surface area contributed by atoms with Gasteiger partial charge in [0, 0.05) is 19.3 Å². The number of pyridine rings is 1. The van der Waals surface area contributed by atoms with Crippen molar-refractivity contribution in [3.8, 4) is 5.88 Å². The summed E-state index contributed by atoms with van der Waals surface area (Å²) >= 11 is 0. The predicted molar refractivity (Wildman–Crippen MR) is 54.8 cm³/mol. The summed E-state index contributed by atoms with van der Waals surface area (Å²) in [7, 11) is 1.47. The molecule has 1 aromatic heterocycles. The first kappa shape index (κ1) is 11.5. The van der Waals surface area contributed by atoms with E-state index in [9.17, 15) is 4.79 Å². The topological polar surface area (TPSA) is 71.5 Å². The molecule has 0 spiro atoms. The molecule has 0 aliphatic carbocycles. The summed E-state index contributed by atoms with van der Waals surface area (Å²) in [6.45, 7) is 0.498. The van der Waals surface area contributed by atoms with Crippen LogP contribution in [0.5, 0.6) is 5.88 Å². The maximum Gasteiger partial charge on any atom is 0.256 e. The summed E-state index contributed by atoms with van der Waals surface area (Å²) < 4.78 is 4.95. The molecule has 0 saturated carbocycles. The molecule has 0 aromatic carbocycles. The third-order valence-corrected chi connectivity index (χ3v) is 1.83. The number of carbonyl (C=O) groups excluding carboxylic acids is 1. The Labute approximate surface area is 88.1 Å². The van der Waals surface area contributed by atoms with Gasteiger partial charge in [-0.3, -0.25) is 4.79 Å². The van der Waals surface area contributed by atoms with E-state index < -0.39 is 0 Å². The number of methoxy groups -OCH3 is 1. The van der Waals surface area contributed by atoms with Crippen LogP contribution in [0.3, 0.4) is 0 Å². The highest BCUT2D eigenvalue weighted by Gasteiger charge is 2.11. The van der Waals surface area contributed by atoms with Gasteiger partial charge in [0.05, 0.1) is 7.11 Å². The average molecular weight is 210 g/mol. The van der Waals surface area contributed by atoms with Gasteiger partial charge in [-0.2, -0.15) is 0 Å². The van der Waals surface area contributed by atoms with Gasteiger partial charge in [0.2, 0.25) is 5.88 Å². The molecule has 2 N–H and O–H groups in total. The van der Waals surface area contributed by atoms with Crippen molar-refractivity contribution in [2.24, 2.45) is 0 Å². The second-order valence-electron chi connectivity index (χ2n) is 2.89. The molecule has 0 radical (unpaired) electrons. The molecule has 0 unspecified atom stereocenters. The Kier molecular flexibility index (Phi) is 4.56. The zero-order valence-corrected chi connectivity index (χ0v) is 8.56. The number of aromatic nitrogens is 1. The highest BCUT2D eigenvalue weighted by molar-refractivity contribution is 5.96. The molecule has 15 heavy (non-hydrogen) atoms. The molecule has 5 nitrogen and oxygen atoms in total. The van der Waals surface area contributed by atoms with Crippen LogP contribution in [0.15, 0.2) is 18.3 Å². The second kappa shape index (κ2) is 5.98. The van der Waals surface area contributed by atoms with E-state index in [-0.39, 0.29) is 12.5 Å². The van der Waals surface area contributed by atoms with Crippen LogP contribution in [0.2, 0.25) is 0 Å². The number of rotatable bonds is 5. The first-order valence-electron chi connectivity index (χ1n) is 4.67. The summed E-state index contributed by atoms with van der Waals surface area (Å²) in [6, 6.07) is 3.31. The second-order valence-corrected chi connectivity index (χ2v) is 2.89. The molecule has 0 saturated heterocycles. The van der Waals surface area contributed by atoms with Crippen molar-refractivity contribution in [2.45, 2.75) is 6.42 Å². The van der Waals surface area contributed by atoms with Crippen LogP contribution in [0.4, 0.5) is 0 Å². The Morgan fingerprint density at radius 3 is 3.13 bits per heavy atom. The number of hydrogen-bond acceptors (Lipinski definition) is 4. The third kappa shape index (κ3) is 3.21. The smallest absolute Gasteiger partial charge is 0.256 e. The fraction of sp³-hybridized carbons (Fsp3) is 0.400. The maximum atomic E-state index is 11.6. The molecule has 82 valence electrons. The molecule has 0 bridgehead atoms. The van der Waals surface area contributed by atoms with Gasteiger partial charge in [0.25, 0.3) is 5.91 Å². The van der Waals surface area contributed by atoms with Crippen molar-refractivity contribution in [2.75, 3.05) is 20.3 Å². The van der Waals surface area contributed by atoms with Gasteiger partial charge >= 0.3 is 0 Å². The number of carbonyl (C=O) groups is 1. The number of amides is 1. The zero-order valence-electron chi connectivity index (χ0n) is 8.56. The molecular formula is C10H14N2O3. The van der Waals surface area contributed by atoms with Gasteiger partial charge in [-0.05, 0) is 18.6 Å². The molecule has 1 rings (SSSR count). The zero-order chi connectivity index (χ0) is 11.1. The van der Waals surface area contributed by atoms with Gasteiger partial charge in [0.15, 0.2) is 0 Å². The molecule has 1 amide bonds. The number of nitrogens with zero attached hydrogens (tertiary/aromatic N) is 1. The predicted octanol–water partition coefficient (Wildman–Crippen LogP) is 0.202. The van der Waals surface area contributed by atoms with E-state index in [1.807, 2.05) is 0 Å². The summed E-state index contributed by atoms with van der Waals surface area (Å²) in [5.74, 6) is 0.0624. The lowest BCUT2D eigenvalue weighted by Gasteiger charge is -2.07. The summed E-state index contributed by atoms with van der Waals surface area (Å²) in [5.41, 5.74) is 0.401. The van der Waals surface area contributed by atoms with Gasteiger partial charge in [-0.25, -0.2) is 4.98 Å². The summed E-state index contributed by atoms with van der Waals surface area (Å²) in [5, 5.41) is 11.2. The Hall–Kier alpha value is -1.62. The van der Waals surface area contributed by atoms with Crippen LogP contribution in [0, 0.1) is 0 Å². The lowest BCUT2D eigenvalue weighted by molar-refractivity contribution is 0.0947. The monoisotopic (exact) mass is 210 g/mol. The third-order valence-electron chi connectivity index (χ3n) is 1.83. The Balaban J connectivity index is 2.64. The number of aliphatic hydroxyl groups is 1. The fourth-order valence-corrected chi connectivity index (χ4v) is 1.10. The highest BCUT2D eigenvalue weighted by atomic mass is 16.5. The van der Waals surface area contributed by atoms with Crippen LogP contribution in [-0.2, 0) is 0 Å². The molecular weight excluding hydrogens is 196 g/mol. The van der Waals surface area contributed by atoms with Crippen LogP contribution < -0.4 is 10.1 Å². The van der Waals surface area contributed by atoms with Crippen LogP contribution in [0.1, 0.15) is 16.8 Å². The first-order valence-corrected chi connectivity index (χ1v) is 4.67. The highest BCUT2D eigenvalue weighted by Crippen LogP contribution is 2.12. The first-order chi connectivity index (χ1) is 7.29. The van der Waals surface area contributed by atoms with Gasteiger partial charge in [-0.15, -0.1) is 0 Å². The Morgan fingerprint density at radius 1 is 1.67 bits per heavy atom. The van der Waals surface area contributed by atoms with E-state index in [1.165, 1.54) is 7.11 Å². The van der Waals surface area contributed by atoms with E-state index in [1.54, 1.807) is 18.3 Å². The van der Waals surface area contributed by atoms with E-state index in [4.69, 9.17) is 9.84 Å². The molecule has 1 heterocycles. The van der Waals surface area contributed by atoms with Crippen molar-refractivity contribution >= 4 is 5.91 Å². The van der Waals surface area contributed by atoms with Crippen LogP contribution >= 0.6 is 0 Å². The largest absolute Gasteiger partial charge is 0.480 e. The number of hydrogen-bond donors (Lipinski definition) is 2. The van der Waals surface area contributed by atoms with E-state index in [2.05, 4.69) is 10.3 Å². The lowest BCUT2D eigenvalue weighted by Crippen LogP contribution is -2.25. The quantitative estimate of drug-likeness (QED) is 0.681. The number of ether oxygens (including phenoxy) is 1. The van der Waals surface area contributed by atoms with Crippen LogP contribution in [0.25, 0.3) is 0 Å². The molecule has 0 aliphatic rings. The van der Waals surface area contributed by atoms with Gasteiger partial charge in [-0.1, -0.05) is 0 Å². The van der Waals surface area contributed by atoms with Gasteiger partial charge in [0.1, 0.15) is 5.56 Å². The maximum absolute atomic E-state index is 11.6. The van der Waals surface area contributed by atoms with Crippen molar-refractivity contribution in [3.05, 3.63) is 23.9 Å². The van der Waals surface area contributed by atoms with Crippen molar-refractivity contribution in [3.63, 3.8) is 0 Å². The standard InChI is InChI=1S/C10H14N2O3/c1-15-10-8(4-2-5-12-10)9(14)11-6-3-7-13/h2,4-5,13H,3,6-7H2,1H3,(H,11,14). The van der Waals surface area contributed by atoms with Crippen molar-refractivity contribution in [1.82, 2.24) is 10.3 Å². The normalized spacial score (nSPS) is 9.73. The SMILES string of the molecule is COc1ncccc1C(=O)NCCCO. The molecule has 0 fully saturated rings. The van der Waals surface area contributed by atoms with Crippen molar-refractivity contribution < 1.29 is 14.6 Å². The Bertz CT molecular complexity index is 328. The Morgan fingerprint density at radius 2 is 2.47 bits per heavy atom.